The van der Waals surface area contributed by atoms with Gasteiger partial charge in [0, 0.05) is 12.1 Å². The summed E-state index contributed by atoms with van der Waals surface area (Å²) < 4.78 is 4.99. The van der Waals surface area contributed by atoms with Crippen LogP contribution in [0.2, 0.25) is 0 Å². The molecule has 100 valence electrons. The Bertz CT molecular complexity index is 490. The molecular formula is C13H14N2O4. The van der Waals surface area contributed by atoms with Crippen LogP contribution in [0, 0.1) is 21.4 Å². The fourth-order valence-corrected chi connectivity index (χ4v) is 1.51. The smallest absolute Gasteiger partial charge is 0.311 e. The first-order valence-electron chi connectivity index (χ1n) is 5.89. The number of hydrogen-bond acceptors (Lipinski definition) is 5. The molecule has 6 heteroatoms. The molecule has 1 rings (SSSR count). The number of rotatable bonds is 6. The van der Waals surface area contributed by atoms with Gasteiger partial charge in [-0.15, -0.1) is 0 Å². The van der Waals surface area contributed by atoms with Crippen LogP contribution in [0.5, 0.6) is 0 Å². The Morgan fingerprint density at radius 1 is 1.47 bits per heavy atom. The zero-order chi connectivity index (χ0) is 14.3. The van der Waals surface area contributed by atoms with E-state index in [4.69, 9.17) is 10.00 Å². The molecule has 0 aromatic heterocycles. The second kappa shape index (κ2) is 7.11. The van der Waals surface area contributed by atoms with Crippen molar-refractivity contribution in [2.45, 2.75) is 32.3 Å². The summed E-state index contributed by atoms with van der Waals surface area (Å²) in [6.07, 6.45) is 0.529. The molecule has 1 aromatic rings. The molecule has 0 unspecified atom stereocenters. The van der Waals surface area contributed by atoms with Crippen molar-refractivity contribution in [2.75, 3.05) is 0 Å². The van der Waals surface area contributed by atoms with Gasteiger partial charge in [-0.25, -0.2) is 0 Å². The van der Waals surface area contributed by atoms with E-state index in [0.717, 1.165) is 6.42 Å². The molecule has 0 saturated heterocycles. The van der Waals surface area contributed by atoms with Gasteiger partial charge in [0.1, 0.15) is 6.07 Å². The molecule has 0 aliphatic carbocycles. The van der Waals surface area contributed by atoms with E-state index in [2.05, 4.69) is 0 Å². The van der Waals surface area contributed by atoms with Gasteiger partial charge in [0.25, 0.3) is 5.69 Å². The molecule has 19 heavy (non-hydrogen) atoms. The second-order valence-corrected chi connectivity index (χ2v) is 4.00. The molecular weight excluding hydrogens is 248 g/mol. The molecule has 0 bridgehead atoms. The van der Waals surface area contributed by atoms with Crippen LogP contribution >= 0.6 is 0 Å². The van der Waals surface area contributed by atoms with Gasteiger partial charge in [0.2, 0.25) is 0 Å². The number of nitro groups is 1. The number of hydrogen-bond donors (Lipinski definition) is 0. The van der Waals surface area contributed by atoms with Crippen molar-refractivity contribution in [3.8, 4) is 6.07 Å². The van der Waals surface area contributed by atoms with Gasteiger partial charge >= 0.3 is 5.97 Å². The Kier molecular flexibility index (Phi) is 5.48. The summed E-state index contributed by atoms with van der Waals surface area (Å²) in [4.78, 5) is 21.5. The number of nitriles is 1. The van der Waals surface area contributed by atoms with Crippen LogP contribution in [0.1, 0.15) is 25.3 Å². The van der Waals surface area contributed by atoms with Gasteiger partial charge in [0.05, 0.1) is 11.3 Å². The van der Waals surface area contributed by atoms with Gasteiger partial charge in [-0.1, -0.05) is 25.5 Å². The number of esters is 1. The van der Waals surface area contributed by atoms with Crippen LogP contribution in [0.15, 0.2) is 24.3 Å². The zero-order valence-electron chi connectivity index (χ0n) is 10.5. The Morgan fingerprint density at radius 3 is 2.58 bits per heavy atom. The molecule has 0 heterocycles. The molecule has 1 aromatic carbocycles. The molecule has 0 fully saturated rings. The monoisotopic (exact) mass is 262 g/mol. The molecule has 0 saturated carbocycles. The summed E-state index contributed by atoms with van der Waals surface area (Å²) in [5.74, 6) is -0.506. The topological polar surface area (TPSA) is 93.2 Å². The van der Waals surface area contributed by atoms with Gasteiger partial charge in [-0.3, -0.25) is 14.9 Å². The molecule has 0 aliphatic heterocycles. The highest BCUT2D eigenvalue weighted by Crippen LogP contribution is 2.13. The summed E-state index contributed by atoms with van der Waals surface area (Å²) in [5, 5.41) is 19.2. The quantitative estimate of drug-likeness (QED) is 0.445. The minimum atomic E-state index is -0.726. The maximum Gasteiger partial charge on any atom is 0.311 e. The first-order chi connectivity index (χ1) is 9.06. The molecule has 0 N–H and O–H groups in total. The summed E-state index contributed by atoms with van der Waals surface area (Å²) in [6, 6.07) is 7.57. The first-order valence-corrected chi connectivity index (χ1v) is 5.89. The third kappa shape index (κ3) is 4.76. The van der Waals surface area contributed by atoms with Crippen molar-refractivity contribution in [3.05, 3.63) is 39.9 Å². The lowest BCUT2D eigenvalue weighted by Gasteiger charge is -2.09. The second-order valence-electron chi connectivity index (χ2n) is 4.00. The summed E-state index contributed by atoms with van der Waals surface area (Å²) in [5.41, 5.74) is 0.585. The highest BCUT2D eigenvalue weighted by Gasteiger charge is 2.13. The predicted octanol–water partition coefficient (Wildman–Crippen LogP) is 2.37. The minimum Gasteiger partial charge on any atom is -0.447 e. The average Bonchev–Trinajstić information content (AvgIpc) is 2.38. The lowest BCUT2D eigenvalue weighted by atomic mass is 10.1. The Labute approximate surface area is 110 Å². The van der Waals surface area contributed by atoms with E-state index in [-0.39, 0.29) is 12.1 Å². The van der Waals surface area contributed by atoms with Crippen LogP contribution in [0.4, 0.5) is 5.69 Å². The maximum atomic E-state index is 11.6. The van der Waals surface area contributed by atoms with E-state index in [9.17, 15) is 14.9 Å². The lowest BCUT2D eigenvalue weighted by molar-refractivity contribution is -0.384. The van der Waals surface area contributed by atoms with E-state index in [0.29, 0.717) is 12.0 Å². The van der Waals surface area contributed by atoms with Crippen molar-refractivity contribution in [1.29, 1.82) is 5.26 Å². The SMILES string of the molecule is CCC[C@H](C#N)OC(=O)Cc1ccc([N+](=O)[O-])cc1. The summed E-state index contributed by atoms with van der Waals surface area (Å²) in [6.45, 7) is 1.90. The number of non-ortho nitro benzene ring substituents is 1. The molecule has 0 radical (unpaired) electrons. The summed E-state index contributed by atoms with van der Waals surface area (Å²) in [7, 11) is 0. The fourth-order valence-electron chi connectivity index (χ4n) is 1.51. The standard InChI is InChI=1S/C13H14N2O4/c1-2-3-12(9-14)19-13(16)8-10-4-6-11(7-5-10)15(17)18/h4-7,12H,2-3,8H2,1H3/t12-/m1/s1. The minimum absolute atomic E-state index is 0.000111. The molecule has 6 nitrogen and oxygen atoms in total. The van der Waals surface area contributed by atoms with E-state index in [1.807, 2.05) is 13.0 Å². The zero-order valence-corrected chi connectivity index (χ0v) is 10.5. The highest BCUT2D eigenvalue weighted by molar-refractivity contribution is 5.73. The summed E-state index contributed by atoms with van der Waals surface area (Å²) >= 11 is 0. The van der Waals surface area contributed by atoms with E-state index in [1.165, 1.54) is 24.3 Å². The van der Waals surface area contributed by atoms with Gasteiger partial charge in [-0.05, 0) is 12.0 Å². The Morgan fingerprint density at radius 2 is 2.11 bits per heavy atom. The number of carbonyl (C=O) groups excluding carboxylic acids is 1. The molecule has 0 spiro atoms. The average molecular weight is 262 g/mol. The Hall–Kier alpha value is -2.42. The van der Waals surface area contributed by atoms with E-state index < -0.39 is 17.0 Å². The number of nitrogens with zero attached hydrogens (tertiary/aromatic N) is 2. The van der Waals surface area contributed by atoms with Gasteiger partial charge < -0.3 is 4.74 Å². The van der Waals surface area contributed by atoms with Crippen LogP contribution in [-0.2, 0) is 16.0 Å². The predicted molar refractivity (Wildman–Crippen MR) is 67.2 cm³/mol. The van der Waals surface area contributed by atoms with E-state index >= 15 is 0 Å². The molecule has 0 amide bonds. The van der Waals surface area contributed by atoms with Gasteiger partial charge in [0.15, 0.2) is 6.10 Å². The van der Waals surface area contributed by atoms with Crippen molar-refractivity contribution in [2.24, 2.45) is 0 Å². The maximum absolute atomic E-state index is 11.6. The number of benzene rings is 1. The van der Waals surface area contributed by atoms with Crippen molar-refractivity contribution < 1.29 is 14.5 Å². The third-order valence-corrected chi connectivity index (χ3v) is 2.46. The van der Waals surface area contributed by atoms with Crippen LogP contribution < -0.4 is 0 Å². The first kappa shape index (κ1) is 14.6. The normalized spacial score (nSPS) is 11.4. The van der Waals surface area contributed by atoms with E-state index in [1.54, 1.807) is 0 Å². The fraction of sp³-hybridized carbons (Fsp3) is 0.385. The largest absolute Gasteiger partial charge is 0.447 e. The number of carbonyl (C=O) groups is 1. The van der Waals surface area contributed by atoms with Crippen molar-refractivity contribution >= 4 is 11.7 Å². The van der Waals surface area contributed by atoms with Crippen LogP contribution in [-0.4, -0.2) is 17.0 Å². The van der Waals surface area contributed by atoms with Gasteiger partial charge in [-0.2, -0.15) is 5.26 Å². The number of nitro benzene ring substituents is 1. The molecule has 0 aliphatic rings. The van der Waals surface area contributed by atoms with Crippen LogP contribution in [0.25, 0.3) is 0 Å². The Balaban J connectivity index is 2.57. The van der Waals surface area contributed by atoms with Crippen LogP contribution in [0.3, 0.4) is 0 Å². The van der Waals surface area contributed by atoms with Crippen molar-refractivity contribution in [3.63, 3.8) is 0 Å². The van der Waals surface area contributed by atoms with Crippen molar-refractivity contribution in [1.82, 2.24) is 0 Å². The highest BCUT2D eigenvalue weighted by atomic mass is 16.6. The number of ether oxygens (including phenoxy) is 1. The lowest BCUT2D eigenvalue weighted by Crippen LogP contribution is -2.17. The molecule has 1 atom stereocenters. The third-order valence-electron chi connectivity index (χ3n) is 2.46.